The second kappa shape index (κ2) is 8.24. The van der Waals surface area contributed by atoms with Gasteiger partial charge in [0.25, 0.3) is 0 Å². The second-order valence-corrected chi connectivity index (χ2v) is 7.86. The van der Waals surface area contributed by atoms with Crippen LogP contribution in [0, 0.1) is 0 Å². The molecule has 3 aromatic rings. The number of unbranched alkanes of at least 4 members (excludes halogenated alkanes) is 3. The van der Waals surface area contributed by atoms with Crippen molar-refractivity contribution in [2.45, 2.75) is 32.1 Å². The van der Waals surface area contributed by atoms with Crippen LogP contribution in [0.3, 0.4) is 0 Å². The average Bonchev–Trinajstić information content (AvgIpc) is 3.04. The summed E-state index contributed by atoms with van der Waals surface area (Å²) < 4.78 is 0. The number of hydrogen-bond acceptors (Lipinski definition) is 2. The Morgan fingerprint density at radius 1 is 0.808 bits per heavy atom. The first-order valence-corrected chi connectivity index (χ1v) is 10.2. The van der Waals surface area contributed by atoms with Gasteiger partial charge in [0, 0.05) is 48.0 Å². The van der Waals surface area contributed by atoms with Gasteiger partial charge in [0.05, 0.1) is 0 Å². The molecule has 1 aromatic heterocycles. The van der Waals surface area contributed by atoms with E-state index in [1.807, 2.05) is 0 Å². The van der Waals surface area contributed by atoms with Gasteiger partial charge in [0.2, 0.25) is 0 Å². The topological polar surface area (TPSA) is 22.3 Å². The van der Waals surface area contributed by atoms with Crippen LogP contribution in [0.2, 0.25) is 0 Å². The number of hydrogen-bond donors (Lipinski definition) is 1. The maximum absolute atomic E-state index is 3.56. The third kappa shape index (κ3) is 4.11. The summed E-state index contributed by atoms with van der Waals surface area (Å²) in [5, 5.41) is 2.68. The van der Waals surface area contributed by atoms with Gasteiger partial charge in [-0.05, 0) is 50.6 Å². The first-order chi connectivity index (χ1) is 12.8. The number of nitrogens with zero attached hydrogens (tertiary/aromatic N) is 2. The maximum Gasteiger partial charge on any atom is 0.0467 e. The zero-order chi connectivity index (χ0) is 17.8. The Morgan fingerprint density at radius 2 is 1.58 bits per heavy atom. The molecule has 1 aliphatic rings. The Bertz CT molecular complexity index is 843. The van der Waals surface area contributed by atoms with Gasteiger partial charge in [0.15, 0.2) is 0 Å². The van der Waals surface area contributed by atoms with E-state index in [4.69, 9.17) is 0 Å². The maximum atomic E-state index is 3.56. The Hall–Kier alpha value is -1.84. The minimum absolute atomic E-state index is 1.19. The fraction of sp³-hybridized carbons (Fsp3) is 0.478. The van der Waals surface area contributed by atoms with E-state index in [9.17, 15) is 0 Å². The monoisotopic (exact) mass is 349 g/mol. The summed E-state index contributed by atoms with van der Waals surface area (Å²) in [5.74, 6) is 0. The molecule has 1 fully saturated rings. The van der Waals surface area contributed by atoms with Gasteiger partial charge >= 0.3 is 0 Å². The molecule has 138 valence electrons. The van der Waals surface area contributed by atoms with Crippen molar-refractivity contribution in [2.75, 3.05) is 39.8 Å². The number of para-hydroxylation sites is 1. The summed E-state index contributed by atoms with van der Waals surface area (Å²) in [7, 11) is 2.23. The van der Waals surface area contributed by atoms with E-state index in [2.05, 4.69) is 64.3 Å². The van der Waals surface area contributed by atoms with Gasteiger partial charge in [-0.3, -0.25) is 0 Å². The zero-order valence-corrected chi connectivity index (χ0v) is 16.0. The summed E-state index contributed by atoms with van der Waals surface area (Å²) in [5.41, 5.74) is 3.98. The van der Waals surface area contributed by atoms with Gasteiger partial charge in [-0.1, -0.05) is 43.2 Å². The first kappa shape index (κ1) is 17.6. The number of rotatable bonds is 7. The van der Waals surface area contributed by atoms with Crippen LogP contribution >= 0.6 is 0 Å². The SMILES string of the molecule is CN1CCN(CCCCCCc2ccc3c(c2)[nH]c2ccccc23)CC1. The van der Waals surface area contributed by atoms with E-state index < -0.39 is 0 Å². The molecule has 4 rings (SSSR count). The van der Waals surface area contributed by atoms with Crippen molar-refractivity contribution in [1.29, 1.82) is 0 Å². The van der Waals surface area contributed by atoms with E-state index in [-0.39, 0.29) is 0 Å². The molecular formula is C23H31N3. The van der Waals surface area contributed by atoms with Crippen molar-refractivity contribution >= 4 is 21.8 Å². The lowest BCUT2D eigenvalue weighted by Gasteiger charge is -2.32. The van der Waals surface area contributed by atoms with Crippen LogP contribution in [-0.4, -0.2) is 54.6 Å². The van der Waals surface area contributed by atoms with E-state index in [0.29, 0.717) is 0 Å². The summed E-state index contributed by atoms with van der Waals surface area (Å²) in [6.07, 6.45) is 6.55. The highest BCUT2D eigenvalue weighted by molar-refractivity contribution is 6.07. The number of piperazine rings is 1. The standard InChI is InChI=1S/C23H31N3/c1-25-14-16-26(17-15-25)13-7-3-2-4-8-19-11-12-21-20-9-5-6-10-22(20)24-23(21)18-19/h5-6,9-12,18,24H,2-4,7-8,13-17H2,1H3. The van der Waals surface area contributed by atoms with Gasteiger partial charge in [-0.2, -0.15) is 0 Å². The molecule has 0 saturated carbocycles. The summed E-state index contributed by atoms with van der Waals surface area (Å²) in [6, 6.07) is 15.5. The fourth-order valence-electron chi connectivity index (χ4n) is 4.15. The molecule has 0 spiro atoms. The van der Waals surface area contributed by atoms with Crippen LogP contribution in [0.15, 0.2) is 42.5 Å². The molecule has 0 bridgehead atoms. The van der Waals surface area contributed by atoms with Gasteiger partial charge in [0.1, 0.15) is 0 Å². The molecule has 0 amide bonds. The number of H-pyrrole nitrogens is 1. The van der Waals surface area contributed by atoms with Crippen LogP contribution in [0.4, 0.5) is 0 Å². The van der Waals surface area contributed by atoms with Crippen molar-refractivity contribution in [3.8, 4) is 0 Å². The fourth-order valence-corrected chi connectivity index (χ4v) is 4.15. The molecule has 1 saturated heterocycles. The molecule has 2 aromatic carbocycles. The van der Waals surface area contributed by atoms with Crippen molar-refractivity contribution in [3.63, 3.8) is 0 Å². The van der Waals surface area contributed by atoms with E-state index in [1.54, 1.807) is 0 Å². The van der Waals surface area contributed by atoms with E-state index >= 15 is 0 Å². The second-order valence-electron chi connectivity index (χ2n) is 7.86. The van der Waals surface area contributed by atoms with Crippen molar-refractivity contribution in [1.82, 2.24) is 14.8 Å². The molecule has 0 radical (unpaired) electrons. The number of likely N-dealkylation sites (N-methyl/N-ethyl adjacent to an activating group) is 1. The van der Waals surface area contributed by atoms with Crippen molar-refractivity contribution in [3.05, 3.63) is 48.0 Å². The molecule has 3 nitrogen and oxygen atoms in total. The van der Waals surface area contributed by atoms with Crippen LogP contribution in [0.25, 0.3) is 21.8 Å². The quantitative estimate of drug-likeness (QED) is 0.626. The predicted molar refractivity (Wildman–Crippen MR) is 112 cm³/mol. The number of fused-ring (bicyclic) bond motifs is 3. The van der Waals surface area contributed by atoms with Crippen LogP contribution in [0.5, 0.6) is 0 Å². The molecule has 0 unspecified atom stereocenters. The lowest BCUT2D eigenvalue weighted by atomic mass is 10.0. The van der Waals surface area contributed by atoms with Crippen LogP contribution < -0.4 is 0 Å². The predicted octanol–water partition coefficient (Wildman–Crippen LogP) is 4.67. The Balaban J connectivity index is 1.22. The zero-order valence-electron chi connectivity index (χ0n) is 16.0. The molecule has 1 aliphatic heterocycles. The van der Waals surface area contributed by atoms with E-state index in [1.165, 1.54) is 92.2 Å². The number of aromatic nitrogens is 1. The van der Waals surface area contributed by atoms with Crippen molar-refractivity contribution in [2.24, 2.45) is 0 Å². The van der Waals surface area contributed by atoms with E-state index in [0.717, 1.165) is 0 Å². The molecular weight excluding hydrogens is 318 g/mol. The molecule has 3 heteroatoms. The molecule has 26 heavy (non-hydrogen) atoms. The van der Waals surface area contributed by atoms with Crippen molar-refractivity contribution < 1.29 is 0 Å². The normalized spacial score (nSPS) is 16.7. The minimum Gasteiger partial charge on any atom is -0.355 e. The first-order valence-electron chi connectivity index (χ1n) is 10.2. The highest BCUT2D eigenvalue weighted by Crippen LogP contribution is 2.26. The van der Waals surface area contributed by atoms with Gasteiger partial charge < -0.3 is 14.8 Å². The molecule has 0 aliphatic carbocycles. The molecule has 1 N–H and O–H groups in total. The smallest absolute Gasteiger partial charge is 0.0467 e. The Labute approximate surface area is 157 Å². The lowest BCUT2D eigenvalue weighted by Crippen LogP contribution is -2.44. The third-order valence-electron chi connectivity index (χ3n) is 5.86. The van der Waals surface area contributed by atoms with Crippen LogP contribution in [0.1, 0.15) is 31.2 Å². The molecule has 0 atom stereocenters. The summed E-state index contributed by atoms with van der Waals surface area (Å²) in [4.78, 5) is 8.62. The summed E-state index contributed by atoms with van der Waals surface area (Å²) in [6.45, 7) is 6.25. The molecule has 2 heterocycles. The highest BCUT2D eigenvalue weighted by atomic mass is 15.2. The Morgan fingerprint density at radius 3 is 2.46 bits per heavy atom. The number of aryl methyl sites for hydroxylation is 1. The Kier molecular flexibility index (Phi) is 5.57. The lowest BCUT2D eigenvalue weighted by molar-refractivity contribution is 0.152. The average molecular weight is 350 g/mol. The van der Waals surface area contributed by atoms with Gasteiger partial charge in [-0.25, -0.2) is 0 Å². The highest BCUT2D eigenvalue weighted by Gasteiger charge is 2.12. The number of benzene rings is 2. The number of nitrogens with one attached hydrogen (secondary N) is 1. The largest absolute Gasteiger partial charge is 0.355 e. The minimum atomic E-state index is 1.19. The third-order valence-corrected chi connectivity index (χ3v) is 5.86. The van der Waals surface area contributed by atoms with Crippen LogP contribution in [-0.2, 0) is 6.42 Å². The van der Waals surface area contributed by atoms with Gasteiger partial charge in [-0.15, -0.1) is 0 Å². The summed E-state index contributed by atoms with van der Waals surface area (Å²) >= 11 is 0. The number of aromatic amines is 1.